The van der Waals surface area contributed by atoms with Crippen LogP contribution in [-0.4, -0.2) is 42.8 Å². The third kappa shape index (κ3) is 1.71. The molecule has 0 N–H and O–H groups in total. The predicted molar refractivity (Wildman–Crippen MR) is 57.5 cm³/mol. The second-order valence-corrected chi connectivity index (χ2v) is 4.22. The summed E-state index contributed by atoms with van der Waals surface area (Å²) < 4.78 is 3.76. The van der Waals surface area contributed by atoms with Crippen LogP contribution in [0.5, 0.6) is 0 Å². The summed E-state index contributed by atoms with van der Waals surface area (Å²) in [6.07, 6.45) is 5.80. The van der Waals surface area contributed by atoms with Gasteiger partial charge >= 0.3 is 0 Å². The van der Waals surface area contributed by atoms with Gasteiger partial charge in [-0.2, -0.15) is 5.10 Å². The number of hydrogen-bond acceptors (Lipinski definition) is 4. The fourth-order valence-corrected chi connectivity index (χ4v) is 2.03. The topological polar surface area (TPSA) is 51.8 Å². The molecule has 0 amide bonds. The van der Waals surface area contributed by atoms with Crippen LogP contribution >= 0.6 is 0 Å². The van der Waals surface area contributed by atoms with E-state index in [9.17, 15) is 0 Å². The average molecular weight is 218 g/mol. The summed E-state index contributed by atoms with van der Waals surface area (Å²) in [5.74, 6) is 0. The summed E-state index contributed by atoms with van der Waals surface area (Å²) in [6.45, 7) is 2.96. The zero-order valence-electron chi connectivity index (χ0n) is 9.19. The van der Waals surface area contributed by atoms with Gasteiger partial charge in [0.25, 0.3) is 0 Å². The molecule has 0 aliphatic carbocycles. The number of aryl methyl sites for hydroxylation is 1. The van der Waals surface area contributed by atoms with E-state index in [0.29, 0.717) is 6.04 Å². The van der Waals surface area contributed by atoms with E-state index in [0.717, 1.165) is 25.3 Å². The van der Waals surface area contributed by atoms with Gasteiger partial charge in [0.1, 0.15) is 0 Å². The van der Waals surface area contributed by atoms with Crippen molar-refractivity contribution in [2.45, 2.75) is 12.6 Å². The lowest BCUT2D eigenvalue weighted by Gasteiger charge is -2.38. The Morgan fingerprint density at radius 1 is 1.44 bits per heavy atom. The van der Waals surface area contributed by atoms with Gasteiger partial charge in [-0.3, -0.25) is 14.3 Å². The number of aromatic nitrogens is 5. The summed E-state index contributed by atoms with van der Waals surface area (Å²) >= 11 is 0. The summed E-state index contributed by atoms with van der Waals surface area (Å²) in [6, 6.07) is 2.48. The average Bonchev–Trinajstić information content (AvgIpc) is 2.82. The van der Waals surface area contributed by atoms with E-state index in [1.807, 2.05) is 36.4 Å². The van der Waals surface area contributed by atoms with Crippen LogP contribution in [0.3, 0.4) is 0 Å². The standard InChI is InChI=1S/C10H14N6/c1-14-5-9(12-13-14)6-15-7-10(8-15)16-4-2-3-11-16/h2-5,10H,6-8H2,1H3. The molecule has 1 aliphatic rings. The van der Waals surface area contributed by atoms with Crippen molar-refractivity contribution in [3.8, 4) is 0 Å². The van der Waals surface area contributed by atoms with Crippen LogP contribution in [0.4, 0.5) is 0 Å². The van der Waals surface area contributed by atoms with Crippen molar-refractivity contribution in [3.05, 3.63) is 30.4 Å². The highest BCUT2D eigenvalue weighted by Crippen LogP contribution is 2.21. The third-order valence-corrected chi connectivity index (χ3v) is 2.87. The highest BCUT2D eigenvalue weighted by molar-refractivity contribution is 4.96. The molecule has 2 aromatic rings. The molecule has 1 saturated heterocycles. The van der Waals surface area contributed by atoms with Gasteiger partial charge in [0, 0.05) is 45.3 Å². The smallest absolute Gasteiger partial charge is 0.0967 e. The zero-order chi connectivity index (χ0) is 11.0. The lowest BCUT2D eigenvalue weighted by atomic mass is 10.1. The van der Waals surface area contributed by atoms with Gasteiger partial charge in [0.2, 0.25) is 0 Å². The highest BCUT2D eigenvalue weighted by atomic mass is 15.4. The molecule has 3 heterocycles. The molecule has 1 aliphatic heterocycles. The van der Waals surface area contributed by atoms with Gasteiger partial charge in [-0.05, 0) is 6.07 Å². The summed E-state index contributed by atoms with van der Waals surface area (Å²) in [7, 11) is 1.89. The van der Waals surface area contributed by atoms with Crippen LogP contribution in [0.1, 0.15) is 11.7 Å². The van der Waals surface area contributed by atoms with Gasteiger partial charge in [0.15, 0.2) is 0 Å². The normalized spacial score (nSPS) is 17.6. The molecule has 0 radical (unpaired) electrons. The molecule has 0 spiro atoms. The van der Waals surface area contributed by atoms with E-state index in [1.54, 1.807) is 4.68 Å². The van der Waals surface area contributed by atoms with Gasteiger partial charge in [-0.15, -0.1) is 5.10 Å². The minimum atomic E-state index is 0.520. The fraction of sp³-hybridized carbons (Fsp3) is 0.500. The number of rotatable bonds is 3. The molecule has 0 aromatic carbocycles. The van der Waals surface area contributed by atoms with Crippen molar-refractivity contribution in [2.75, 3.05) is 13.1 Å². The van der Waals surface area contributed by atoms with Crippen LogP contribution in [-0.2, 0) is 13.6 Å². The van der Waals surface area contributed by atoms with Crippen molar-refractivity contribution < 1.29 is 0 Å². The molecule has 1 fully saturated rings. The van der Waals surface area contributed by atoms with Crippen LogP contribution in [0.2, 0.25) is 0 Å². The van der Waals surface area contributed by atoms with Gasteiger partial charge in [0.05, 0.1) is 11.7 Å². The summed E-state index contributed by atoms with van der Waals surface area (Å²) in [5, 5.41) is 12.2. The van der Waals surface area contributed by atoms with E-state index in [4.69, 9.17) is 0 Å². The van der Waals surface area contributed by atoms with E-state index < -0.39 is 0 Å². The van der Waals surface area contributed by atoms with E-state index in [1.165, 1.54) is 0 Å². The van der Waals surface area contributed by atoms with Crippen molar-refractivity contribution >= 4 is 0 Å². The second kappa shape index (κ2) is 3.71. The Morgan fingerprint density at radius 3 is 2.94 bits per heavy atom. The molecule has 0 saturated carbocycles. The van der Waals surface area contributed by atoms with Gasteiger partial charge in [-0.25, -0.2) is 0 Å². The monoisotopic (exact) mass is 218 g/mol. The molecular formula is C10H14N6. The van der Waals surface area contributed by atoms with Crippen molar-refractivity contribution in [2.24, 2.45) is 7.05 Å². The Morgan fingerprint density at radius 2 is 2.31 bits per heavy atom. The lowest BCUT2D eigenvalue weighted by molar-refractivity contribution is 0.0895. The predicted octanol–water partition coefficient (Wildman–Crippen LogP) is 0.0685. The van der Waals surface area contributed by atoms with E-state index in [2.05, 4.69) is 20.3 Å². The fourth-order valence-electron chi connectivity index (χ4n) is 2.03. The van der Waals surface area contributed by atoms with Crippen molar-refractivity contribution in [3.63, 3.8) is 0 Å². The van der Waals surface area contributed by atoms with Crippen LogP contribution in [0, 0.1) is 0 Å². The van der Waals surface area contributed by atoms with Crippen LogP contribution < -0.4 is 0 Å². The quantitative estimate of drug-likeness (QED) is 0.731. The minimum Gasteiger partial charge on any atom is -0.293 e. The van der Waals surface area contributed by atoms with Crippen LogP contribution in [0.15, 0.2) is 24.7 Å². The third-order valence-electron chi connectivity index (χ3n) is 2.87. The SMILES string of the molecule is Cn1cc(CN2CC(n3cccn3)C2)nn1. The molecule has 6 heteroatoms. The molecular weight excluding hydrogens is 204 g/mol. The Kier molecular flexibility index (Phi) is 2.21. The first-order valence-corrected chi connectivity index (χ1v) is 5.38. The number of hydrogen-bond donors (Lipinski definition) is 0. The maximum absolute atomic E-state index is 4.24. The Hall–Kier alpha value is -1.69. The van der Waals surface area contributed by atoms with Crippen molar-refractivity contribution in [1.82, 2.24) is 29.7 Å². The maximum Gasteiger partial charge on any atom is 0.0967 e. The van der Waals surface area contributed by atoms with E-state index in [-0.39, 0.29) is 0 Å². The Bertz CT molecular complexity index is 453. The molecule has 16 heavy (non-hydrogen) atoms. The van der Waals surface area contributed by atoms with E-state index >= 15 is 0 Å². The molecule has 0 bridgehead atoms. The Labute approximate surface area is 93.5 Å². The minimum absolute atomic E-state index is 0.520. The molecule has 2 aromatic heterocycles. The largest absolute Gasteiger partial charge is 0.293 e. The first kappa shape index (κ1) is 9.53. The summed E-state index contributed by atoms with van der Waals surface area (Å²) in [4.78, 5) is 2.34. The Balaban J connectivity index is 1.54. The highest BCUT2D eigenvalue weighted by Gasteiger charge is 2.28. The first-order valence-electron chi connectivity index (χ1n) is 5.38. The summed E-state index contributed by atoms with van der Waals surface area (Å²) in [5.41, 5.74) is 1.03. The maximum atomic E-state index is 4.24. The molecule has 0 atom stereocenters. The number of likely N-dealkylation sites (tertiary alicyclic amines) is 1. The lowest BCUT2D eigenvalue weighted by Crippen LogP contribution is -2.47. The van der Waals surface area contributed by atoms with Gasteiger partial charge in [-0.1, -0.05) is 5.21 Å². The van der Waals surface area contributed by atoms with Crippen LogP contribution in [0.25, 0.3) is 0 Å². The molecule has 3 rings (SSSR count). The number of nitrogens with zero attached hydrogens (tertiary/aromatic N) is 6. The molecule has 84 valence electrons. The second-order valence-electron chi connectivity index (χ2n) is 4.22. The van der Waals surface area contributed by atoms with Gasteiger partial charge < -0.3 is 0 Å². The molecule has 0 unspecified atom stereocenters. The van der Waals surface area contributed by atoms with Crippen molar-refractivity contribution in [1.29, 1.82) is 0 Å². The molecule has 6 nitrogen and oxygen atoms in total. The zero-order valence-corrected chi connectivity index (χ0v) is 9.19. The first-order chi connectivity index (χ1) is 7.81.